The van der Waals surface area contributed by atoms with Crippen LogP contribution in [-0.2, 0) is 4.74 Å². The summed E-state index contributed by atoms with van der Waals surface area (Å²) in [4.78, 5) is 9.69. The van der Waals surface area contributed by atoms with Gasteiger partial charge < -0.3 is 25.0 Å². The zero-order valence-corrected chi connectivity index (χ0v) is 20.6. The van der Waals surface area contributed by atoms with Crippen LogP contribution in [0, 0.1) is 0 Å². The number of hydrogen-bond acceptors (Lipinski definition) is 5. The molecule has 1 saturated heterocycles. The Hall–Kier alpha value is -1.10. The summed E-state index contributed by atoms with van der Waals surface area (Å²) in [6, 6.07) is 8.42. The van der Waals surface area contributed by atoms with Crippen molar-refractivity contribution in [3.63, 3.8) is 0 Å². The van der Waals surface area contributed by atoms with Crippen molar-refractivity contribution in [2.45, 2.75) is 26.3 Å². The van der Waals surface area contributed by atoms with Crippen molar-refractivity contribution in [2.24, 2.45) is 4.99 Å². The topological polar surface area (TPSA) is 61.4 Å². The maximum atomic E-state index is 5.79. The highest BCUT2D eigenvalue weighted by Gasteiger charge is 2.18. The molecule has 1 aromatic rings. The lowest BCUT2D eigenvalue weighted by Crippen LogP contribution is -2.49. The number of nitrogens with zero attached hydrogens (tertiary/aromatic N) is 3. The molecule has 7 nitrogen and oxygen atoms in total. The molecule has 2 rings (SSSR count). The number of methoxy groups -OCH3 is 1. The molecule has 1 unspecified atom stereocenters. The molecule has 0 saturated carbocycles. The zero-order chi connectivity index (χ0) is 20.2. The highest BCUT2D eigenvalue weighted by Crippen LogP contribution is 2.17. The van der Waals surface area contributed by atoms with E-state index in [-0.39, 0.29) is 24.0 Å². The maximum Gasteiger partial charge on any atom is 0.195 e. The van der Waals surface area contributed by atoms with Crippen molar-refractivity contribution in [2.75, 3.05) is 72.0 Å². The predicted octanol–water partition coefficient (Wildman–Crippen LogP) is 2.73. The van der Waals surface area contributed by atoms with Gasteiger partial charge in [0.1, 0.15) is 5.75 Å². The van der Waals surface area contributed by atoms with Crippen LogP contribution in [-0.4, -0.2) is 88.4 Å². The molecule has 0 aromatic heterocycles. The first-order chi connectivity index (χ1) is 13.6. The number of halogens is 1. The second-order valence-electron chi connectivity index (χ2n) is 7.26. The number of likely N-dealkylation sites (N-methyl/N-ethyl adjacent to an activating group) is 1. The fourth-order valence-corrected chi connectivity index (χ4v) is 3.10. The highest BCUT2D eigenvalue weighted by molar-refractivity contribution is 14.0. The smallest absolute Gasteiger partial charge is 0.195 e. The second kappa shape index (κ2) is 14.8. The van der Waals surface area contributed by atoms with Gasteiger partial charge in [0.15, 0.2) is 5.96 Å². The molecule has 1 heterocycles. The number of aliphatic imine (C=N–C) groups is 1. The SMILES string of the molecule is CCNC(=NCC(C)N1CCN(C)CC1)Nc1cccc(OCCCOC)c1.I. The van der Waals surface area contributed by atoms with Gasteiger partial charge in [0.05, 0.1) is 13.2 Å². The van der Waals surface area contributed by atoms with Gasteiger partial charge in [-0.1, -0.05) is 6.07 Å². The number of guanidine groups is 1. The summed E-state index contributed by atoms with van der Waals surface area (Å²) >= 11 is 0. The summed E-state index contributed by atoms with van der Waals surface area (Å²) in [5.41, 5.74) is 0.969. The Morgan fingerprint density at radius 2 is 1.97 bits per heavy atom. The van der Waals surface area contributed by atoms with Gasteiger partial charge in [0, 0.05) is 70.7 Å². The minimum atomic E-state index is 0. The highest BCUT2D eigenvalue weighted by atomic mass is 127. The van der Waals surface area contributed by atoms with Crippen molar-refractivity contribution in [3.8, 4) is 5.75 Å². The summed E-state index contributed by atoms with van der Waals surface area (Å²) < 4.78 is 10.8. The molecule has 1 aromatic carbocycles. The minimum Gasteiger partial charge on any atom is -0.493 e. The number of piperazine rings is 1. The first-order valence-electron chi connectivity index (χ1n) is 10.3. The molecule has 29 heavy (non-hydrogen) atoms. The van der Waals surface area contributed by atoms with Crippen LogP contribution in [0.3, 0.4) is 0 Å². The van der Waals surface area contributed by atoms with Gasteiger partial charge in [-0.2, -0.15) is 0 Å². The molecule has 1 aliphatic rings. The van der Waals surface area contributed by atoms with Gasteiger partial charge in [-0.05, 0) is 33.0 Å². The van der Waals surface area contributed by atoms with Crippen LogP contribution in [0.1, 0.15) is 20.3 Å². The van der Waals surface area contributed by atoms with Gasteiger partial charge >= 0.3 is 0 Å². The van der Waals surface area contributed by atoms with Crippen molar-refractivity contribution >= 4 is 35.6 Å². The fourth-order valence-electron chi connectivity index (χ4n) is 3.10. The van der Waals surface area contributed by atoms with Crippen molar-refractivity contribution in [1.29, 1.82) is 0 Å². The van der Waals surface area contributed by atoms with E-state index in [1.54, 1.807) is 7.11 Å². The van der Waals surface area contributed by atoms with Gasteiger partial charge in [-0.15, -0.1) is 24.0 Å². The Morgan fingerprint density at radius 1 is 1.21 bits per heavy atom. The van der Waals surface area contributed by atoms with Crippen LogP contribution in [0.25, 0.3) is 0 Å². The van der Waals surface area contributed by atoms with Crippen LogP contribution >= 0.6 is 24.0 Å². The van der Waals surface area contributed by atoms with Gasteiger partial charge in [0.2, 0.25) is 0 Å². The van der Waals surface area contributed by atoms with E-state index in [0.29, 0.717) is 19.3 Å². The van der Waals surface area contributed by atoms with Crippen LogP contribution in [0.15, 0.2) is 29.3 Å². The van der Waals surface area contributed by atoms with E-state index in [4.69, 9.17) is 14.5 Å². The summed E-state index contributed by atoms with van der Waals surface area (Å²) in [5.74, 6) is 1.66. The van der Waals surface area contributed by atoms with E-state index in [9.17, 15) is 0 Å². The lowest BCUT2D eigenvalue weighted by Gasteiger charge is -2.35. The van der Waals surface area contributed by atoms with Crippen LogP contribution in [0.2, 0.25) is 0 Å². The van der Waals surface area contributed by atoms with Crippen molar-refractivity contribution < 1.29 is 9.47 Å². The van der Waals surface area contributed by atoms with Crippen LogP contribution < -0.4 is 15.4 Å². The molecule has 2 N–H and O–H groups in total. The fraction of sp³-hybridized carbons (Fsp3) is 0.667. The molecular formula is C21H38IN5O2. The molecule has 0 radical (unpaired) electrons. The minimum absolute atomic E-state index is 0. The quantitative estimate of drug-likeness (QED) is 0.215. The van der Waals surface area contributed by atoms with Gasteiger partial charge in [-0.25, -0.2) is 0 Å². The molecule has 1 fully saturated rings. The average molecular weight is 519 g/mol. The van der Waals surface area contributed by atoms with Crippen LogP contribution in [0.4, 0.5) is 5.69 Å². The van der Waals surface area contributed by atoms with E-state index in [1.165, 1.54) is 0 Å². The largest absolute Gasteiger partial charge is 0.493 e. The second-order valence-corrected chi connectivity index (χ2v) is 7.26. The number of benzene rings is 1. The summed E-state index contributed by atoms with van der Waals surface area (Å²) in [7, 11) is 3.89. The van der Waals surface area contributed by atoms with E-state index in [0.717, 1.165) is 63.1 Å². The van der Waals surface area contributed by atoms with Crippen molar-refractivity contribution in [3.05, 3.63) is 24.3 Å². The first kappa shape index (κ1) is 25.9. The third-order valence-electron chi connectivity index (χ3n) is 4.88. The van der Waals surface area contributed by atoms with E-state index >= 15 is 0 Å². The Labute approximate surface area is 193 Å². The number of anilines is 1. The number of ether oxygens (including phenoxy) is 2. The molecule has 1 aliphatic heterocycles. The Balaban J connectivity index is 0.00000420. The van der Waals surface area contributed by atoms with Gasteiger partial charge in [0.25, 0.3) is 0 Å². The molecule has 166 valence electrons. The lowest BCUT2D eigenvalue weighted by molar-refractivity contribution is 0.122. The Bertz CT molecular complexity index is 594. The van der Waals surface area contributed by atoms with Crippen molar-refractivity contribution in [1.82, 2.24) is 15.1 Å². The summed E-state index contributed by atoms with van der Waals surface area (Å²) in [5, 5.41) is 6.73. The number of rotatable bonds is 10. The summed E-state index contributed by atoms with van der Waals surface area (Å²) in [6.45, 7) is 11.8. The predicted molar refractivity (Wildman–Crippen MR) is 132 cm³/mol. The Morgan fingerprint density at radius 3 is 2.66 bits per heavy atom. The van der Waals surface area contributed by atoms with E-state index in [1.807, 2.05) is 24.3 Å². The molecule has 0 aliphatic carbocycles. The first-order valence-corrected chi connectivity index (χ1v) is 10.3. The zero-order valence-electron chi connectivity index (χ0n) is 18.3. The lowest BCUT2D eigenvalue weighted by atomic mass is 10.2. The van der Waals surface area contributed by atoms with Crippen LogP contribution in [0.5, 0.6) is 5.75 Å². The maximum absolute atomic E-state index is 5.79. The molecule has 0 amide bonds. The molecule has 0 spiro atoms. The number of nitrogens with one attached hydrogen (secondary N) is 2. The normalized spacial score (nSPS) is 16.8. The number of hydrogen-bond donors (Lipinski definition) is 2. The Kier molecular flexibility index (Phi) is 13.2. The molecule has 0 bridgehead atoms. The molecule has 8 heteroatoms. The summed E-state index contributed by atoms with van der Waals surface area (Å²) in [6.07, 6.45) is 0.877. The monoisotopic (exact) mass is 519 g/mol. The standard InChI is InChI=1S/C21H37N5O2.HI/c1-5-22-21(23-17-18(2)26-12-10-25(3)11-13-26)24-19-8-6-9-20(16-19)28-15-7-14-27-4;/h6,8-9,16,18H,5,7,10-15,17H2,1-4H3,(H2,22,23,24);1H. The average Bonchev–Trinajstić information content (AvgIpc) is 2.70. The molecular weight excluding hydrogens is 481 g/mol. The van der Waals surface area contributed by atoms with E-state index in [2.05, 4.69) is 41.3 Å². The van der Waals surface area contributed by atoms with E-state index < -0.39 is 0 Å². The molecule has 1 atom stereocenters. The third-order valence-corrected chi connectivity index (χ3v) is 4.88. The third kappa shape index (κ3) is 9.97. The van der Waals surface area contributed by atoms with Gasteiger partial charge in [-0.3, -0.25) is 9.89 Å².